The largest absolute Gasteiger partial charge is 1.00 e. The van der Waals surface area contributed by atoms with Crippen molar-refractivity contribution in [2.24, 2.45) is 0 Å². The van der Waals surface area contributed by atoms with Gasteiger partial charge in [0, 0.05) is 11.5 Å². The summed E-state index contributed by atoms with van der Waals surface area (Å²) in [7, 11) is -8.27. The van der Waals surface area contributed by atoms with Crippen molar-refractivity contribution in [2.75, 3.05) is 11.5 Å². The van der Waals surface area contributed by atoms with Gasteiger partial charge in [0.05, 0.1) is 20.2 Å². The standard InChI is InChI=1S/C7H16O6S2.2Na/c8-14(9,10)6-4-2-1-3-5-7-15(11,12)13;;/h1-7H2,(H,8,9,10)(H,11,12,13);;/q;2*+1/p-2. The molecule has 0 rings (SSSR count). The van der Waals surface area contributed by atoms with E-state index in [0.717, 1.165) is 0 Å². The molecule has 0 N–H and O–H groups in total. The fourth-order valence-corrected chi connectivity index (χ4v) is 2.20. The molecular weight excluding hydrogens is 290 g/mol. The minimum Gasteiger partial charge on any atom is -0.748 e. The molecule has 6 nitrogen and oxygen atoms in total. The third kappa shape index (κ3) is 23.4. The van der Waals surface area contributed by atoms with Gasteiger partial charge < -0.3 is 9.11 Å². The summed E-state index contributed by atoms with van der Waals surface area (Å²) < 4.78 is 61.1. The van der Waals surface area contributed by atoms with Crippen LogP contribution in [-0.2, 0) is 20.2 Å². The van der Waals surface area contributed by atoms with E-state index in [1.54, 1.807) is 0 Å². The smallest absolute Gasteiger partial charge is 0.748 e. The van der Waals surface area contributed by atoms with E-state index in [0.29, 0.717) is 19.3 Å². The monoisotopic (exact) mass is 304 g/mol. The summed E-state index contributed by atoms with van der Waals surface area (Å²) in [6, 6.07) is 0. The average Bonchev–Trinajstić information content (AvgIpc) is 1.98. The zero-order valence-electron chi connectivity index (χ0n) is 10.2. The molecule has 0 aromatic rings. The van der Waals surface area contributed by atoms with E-state index in [1.165, 1.54) is 0 Å². The van der Waals surface area contributed by atoms with Crippen LogP contribution in [0.25, 0.3) is 0 Å². The predicted octanol–water partition coefficient (Wildman–Crippen LogP) is -5.96. The van der Waals surface area contributed by atoms with Crippen molar-refractivity contribution in [3.63, 3.8) is 0 Å². The Morgan fingerprint density at radius 3 is 1.06 bits per heavy atom. The summed E-state index contributed by atoms with van der Waals surface area (Å²) in [6.45, 7) is 0. The summed E-state index contributed by atoms with van der Waals surface area (Å²) in [5.41, 5.74) is 0. The quantitative estimate of drug-likeness (QED) is 0.250. The molecule has 0 saturated heterocycles. The van der Waals surface area contributed by atoms with Crippen LogP contribution in [0.2, 0.25) is 0 Å². The molecule has 0 aliphatic carbocycles. The molecule has 0 atom stereocenters. The summed E-state index contributed by atoms with van der Waals surface area (Å²) in [6.07, 6.45) is 2.32. The molecule has 0 bridgehead atoms. The maximum atomic E-state index is 10.2. The van der Waals surface area contributed by atoms with Crippen LogP contribution in [-0.4, -0.2) is 37.4 Å². The Hall–Kier alpha value is 1.82. The Labute approximate surface area is 147 Å². The van der Waals surface area contributed by atoms with Crippen molar-refractivity contribution in [1.29, 1.82) is 0 Å². The second-order valence-corrected chi connectivity index (χ2v) is 6.34. The van der Waals surface area contributed by atoms with Gasteiger partial charge in [0.1, 0.15) is 0 Å². The topological polar surface area (TPSA) is 114 Å². The Balaban J connectivity index is -0.000000980. The van der Waals surface area contributed by atoms with Crippen molar-refractivity contribution in [2.45, 2.75) is 32.1 Å². The van der Waals surface area contributed by atoms with Gasteiger partial charge in [-0.2, -0.15) is 0 Å². The molecular formula is C7H14Na2O6S2. The molecule has 10 heteroatoms. The van der Waals surface area contributed by atoms with E-state index in [9.17, 15) is 25.9 Å². The van der Waals surface area contributed by atoms with Crippen LogP contribution in [0.3, 0.4) is 0 Å². The third-order valence-electron chi connectivity index (χ3n) is 1.79. The zero-order valence-corrected chi connectivity index (χ0v) is 15.8. The van der Waals surface area contributed by atoms with E-state index in [4.69, 9.17) is 0 Å². The summed E-state index contributed by atoms with van der Waals surface area (Å²) in [4.78, 5) is 0. The van der Waals surface area contributed by atoms with Crippen molar-refractivity contribution in [3.05, 3.63) is 0 Å². The Morgan fingerprint density at radius 1 is 0.588 bits per heavy atom. The van der Waals surface area contributed by atoms with Gasteiger partial charge in [0.15, 0.2) is 0 Å². The number of rotatable bonds is 8. The first-order chi connectivity index (χ1) is 6.71. The van der Waals surface area contributed by atoms with Crippen molar-refractivity contribution in [1.82, 2.24) is 0 Å². The van der Waals surface area contributed by atoms with Crippen molar-refractivity contribution in [3.8, 4) is 0 Å². The Bertz CT molecular complexity index is 328. The van der Waals surface area contributed by atoms with Crippen molar-refractivity contribution >= 4 is 20.2 Å². The average molecular weight is 304 g/mol. The van der Waals surface area contributed by atoms with Crippen LogP contribution in [0.5, 0.6) is 0 Å². The molecule has 92 valence electrons. The Morgan fingerprint density at radius 2 is 0.824 bits per heavy atom. The van der Waals surface area contributed by atoms with Gasteiger partial charge in [-0.05, 0) is 12.8 Å². The number of hydrogen-bond donors (Lipinski definition) is 0. The molecule has 0 spiro atoms. The number of unbranched alkanes of at least 4 members (excludes halogenated alkanes) is 4. The molecule has 17 heavy (non-hydrogen) atoms. The maximum Gasteiger partial charge on any atom is 1.00 e. The molecule has 0 heterocycles. The van der Waals surface area contributed by atoms with E-state index in [1.807, 2.05) is 0 Å². The van der Waals surface area contributed by atoms with Gasteiger partial charge in [-0.1, -0.05) is 19.3 Å². The molecule has 0 radical (unpaired) electrons. The predicted molar refractivity (Wildman–Crippen MR) is 52.2 cm³/mol. The van der Waals surface area contributed by atoms with Crippen LogP contribution in [0.1, 0.15) is 32.1 Å². The summed E-state index contributed by atoms with van der Waals surface area (Å²) in [5.74, 6) is -0.764. The normalized spacial score (nSPS) is 11.4. The van der Waals surface area contributed by atoms with Gasteiger partial charge in [0.2, 0.25) is 0 Å². The van der Waals surface area contributed by atoms with Crippen LogP contribution >= 0.6 is 0 Å². The molecule has 0 unspecified atom stereocenters. The summed E-state index contributed by atoms with van der Waals surface area (Å²) >= 11 is 0. The molecule has 0 aliphatic rings. The minimum absolute atomic E-state index is 0. The molecule has 0 aromatic heterocycles. The van der Waals surface area contributed by atoms with E-state index in [2.05, 4.69) is 0 Å². The maximum absolute atomic E-state index is 10.2. The van der Waals surface area contributed by atoms with Gasteiger partial charge in [-0.25, -0.2) is 16.8 Å². The number of hydrogen-bond acceptors (Lipinski definition) is 6. The van der Waals surface area contributed by atoms with Gasteiger partial charge in [-0.15, -0.1) is 0 Å². The van der Waals surface area contributed by atoms with Crippen molar-refractivity contribution < 1.29 is 85.1 Å². The first-order valence-electron chi connectivity index (χ1n) is 4.58. The molecule has 0 aromatic carbocycles. The third-order valence-corrected chi connectivity index (χ3v) is 3.37. The second kappa shape index (κ2) is 11.6. The van der Waals surface area contributed by atoms with E-state index < -0.39 is 20.2 Å². The first-order valence-corrected chi connectivity index (χ1v) is 7.73. The van der Waals surface area contributed by atoms with Crippen LogP contribution in [0.15, 0.2) is 0 Å². The zero-order chi connectivity index (χ0) is 11.9. The van der Waals surface area contributed by atoms with Crippen LogP contribution in [0.4, 0.5) is 0 Å². The van der Waals surface area contributed by atoms with Gasteiger partial charge >= 0.3 is 59.1 Å². The van der Waals surface area contributed by atoms with Gasteiger partial charge in [-0.3, -0.25) is 0 Å². The van der Waals surface area contributed by atoms with Crippen LogP contribution < -0.4 is 59.1 Å². The molecule has 0 fully saturated rings. The van der Waals surface area contributed by atoms with Gasteiger partial charge in [0.25, 0.3) is 0 Å². The molecule has 0 aliphatic heterocycles. The fraction of sp³-hybridized carbons (Fsp3) is 1.00. The second-order valence-electron chi connectivity index (χ2n) is 3.29. The summed E-state index contributed by atoms with van der Waals surface area (Å²) in [5, 5.41) is 0. The molecule has 0 saturated carbocycles. The van der Waals surface area contributed by atoms with E-state index in [-0.39, 0.29) is 83.5 Å². The molecule has 0 amide bonds. The Kier molecular flexibility index (Phi) is 16.3. The first kappa shape index (κ1) is 23.9. The van der Waals surface area contributed by atoms with Crippen LogP contribution in [0, 0.1) is 0 Å². The SMILES string of the molecule is O=S(=O)([O-])CCCCCCCS(=O)(=O)[O-].[Na+].[Na+]. The minimum atomic E-state index is -4.14. The van der Waals surface area contributed by atoms with E-state index >= 15 is 0 Å². The fourth-order valence-electron chi connectivity index (χ4n) is 1.09.